The van der Waals surface area contributed by atoms with E-state index < -0.39 is 22.0 Å². The molecule has 1 saturated carbocycles. The van der Waals surface area contributed by atoms with Gasteiger partial charge in [-0.1, -0.05) is 55.3 Å². The molecular formula is C27H32N2O5S. The SMILES string of the molecule is CN(C)S(=O)(=O)c1cccc(COC(=O)C2CC3CCCCC3N2C(=O)/C=C/c2ccccc2)c1. The average molecular weight is 497 g/mol. The lowest BCUT2D eigenvalue weighted by molar-refractivity contribution is -0.154. The summed E-state index contributed by atoms with van der Waals surface area (Å²) >= 11 is 0. The summed E-state index contributed by atoms with van der Waals surface area (Å²) in [4.78, 5) is 28.3. The van der Waals surface area contributed by atoms with Gasteiger partial charge < -0.3 is 9.64 Å². The molecule has 1 saturated heterocycles. The van der Waals surface area contributed by atoms with Gasteiger partial charge in [0.2, 0.25) is 15.9 Å². The first kappa shape index (κ1) is 25.1. The van der Waals surface area contributed by atoms with E-state index in [9.17, 15) is 18.0 Å². The van der Waals surface area contributed by atoms with Crippen LogP contribution in [0.1, 0.15) is 43.2 Å². The van der Waals surface area contributed by atoms with Gasteiger partial charge in [0, 0.05) is 26.2 Å². The Morgan fingerprint density at radius 1 is 1.06 bits per heavy atom. The fourth-order valence-electron chi connectivity index (χ4n) is 5.06. The molecule has 186 valence electrons. The van der Waals surface area contributed by atoms with Crippen LogP contribution in [0.3, 0.4) is 0 Å². The summed E-state index contributed by atoms with van der Waals surface area (Å²) in [5, 5.41) is 0. The zero-order valence-corrected chi connectivity index (χ0v) is 21.0. The van der Waals surface area contributed by atoms with Gasteiger partial charge in [-0.3, -0.25) is 4.79 Å². The molecule has 1 aliphatic heterocycles. The third-order valence-corrected chi connectivity index (χ3v) is 8.70. The Balaban J connectivity index is 1.48. The van der Waals surface area contributed by atoms with Crippen LogP contribution in [0, 0.1) is 5.92 Å². The summed E-state index contributed by atoms with van der Waals surface area (Å²) in [5.41, 5.74) is 1.51. The van der Waals surface area contributed by atoms with Crippen LogP contribution in [0.15, 0.2) is 65.6 Å². The minimum absolute atomic E-state index is 0.0442. The number of nitrogens with zero attached hydrogens (tertiary/aromatic N) is 2. The molecule has 3 unspecified atom stereocenters. The molecule has 35 heavy (non-hydrogen) atoms. The molecule has 0 N–H and O–H groups in total. The van der Waals surface area contributed by atoms with Gasteiger partial charge in [-0.2, -0.15) is 0 Å². The molecule has 0 aromatic heterocycles. The molecule has 2 fully saturated rings. The van der Waals surface area contributed by atoms with E-state index in [0.29, 0.717) is 17.9 Å². The standard InChI is InChI=1S/C27H32N2O5S/c1-28(2)35(32,33)23-13-8-11-21(17-23)19-34-27(31)25-18-22-12-6-7-14-24(22)29(25)26(30)16-15-20-9-4-3-5-10-20/h3-5,8-11,13,15-17,22,24-25H,6-7,12,14,18-19H2,1-2H3/b16-15+. The van der Waals surface area contributed by atoms with Crippen LogP contribution in [0.2, 0.25) is 0 Å². The Bertz CT molecular complexity index is 1190. The van der Waals surface area contributed by atoms with E-state index >= 15 is 0 Å². The number of benzene rings is 2. The van der Waals surface area contributed by atoms with Crippen molar-refractivity contribution < 1.29 is 22.7 Å². The van der Waals surface area contributed by atoms with Crippen molar-refractivity contribution in [3.05, 3.63) is 71.8 Å². The third kappa shape index (κ3) is 5.65. The minimum atomic E-state index is -3.58. The van der Waals surface area contributed by atoms with E-state index in [4.69, 9.17) is 4.74 Å². The molecule has 1 amide bonds. The monoisotopic (exact) mass is 496 g/mol. The summed E-state index contributed by atoms with van der Waals surface area (Å²) in [6.07, 6.45) is 7.97. The smallest absolute Gasteiger partial charge is 0.329 e. The van der Waals surface area contributed by atoms with Gasteiger partial charge in [0.15, 0.2) is 0 Å². The number of hydrogen-bond donors (Lipinski definition) is 0. The van der Waals surface area contributed by atoms with Crippen molar-refractivity contribution in [2.45, 2.75) is 55.7 Å². The molecule has 2 aromatic rings. The van der Waals surface area contributed by atoms with Gasteiger partial charge in [0.25, 0.3) is 0 Å². The van der Waals surface area contributed by atoms with E-state index in [0.717, 1.165) is 35.6 Å². The van der Waals surface area contributed by atoms with Crippen molar-refractivity contribution in [2.24, 2.45) is 5.92 Å². The van der Waals surface area contributed by atoms with Crippen LogP contribution in [-0.2, 0) is 31.0 Å². The lowest BCUT2D eigenvalue weighted by Crippen LogP contribution is -2.46. The normalized spacial score (nSPS) is 22.4. The maximum absolute atomic E-state index is 13.2. The molecule has 4 rings (SSSR count). The van der Waals surface area contributed by atoms with Crippen molar-refractivity contribution in [3.63, 3.8) is 0 Å². The number of sulfonamides is 1. The highest BCUT2D eigenvalue weighted by atomic mass is 32.2. The number of carbonyl (C=O) groups excluding carboxylic acids is 2. The Hall–Kier alpha value is -2.97. The number of fused-ring (bicyclic) bond motifs is 1. The van der Waals surface area contributed by atoms with Crippen LogP contribution in [-0.4, -0.2) is 55.7 Å². The van der Waals surface area contributed by atoms with Crippen LogP contribution in [0.5, 0.6) is 0 Å². The highest BCUT2D eigenvalue weighted by Crippen LogP contribution is 2.40. The Labute approximate surface area is 207 Å². The highest BCUT2D eigenvalue weighted by Gasteiger charge is 2.47. The molecule has 0 radical (unpaired) electrons. The number of ether oxygens (including phenoxy) is 1. The molecule has 0 bridgehead atoms. The molecule has 8 heteroatoms. The zero-order valence-electron chi connectivity index (χ0n) is 20.2. The number of hydrogen-bond acceptors (Lipinski definition) is 5. The van der Waals surface area contributed by atoms with Gasteiger partial charge in [-0.05, 0) is 54.5 Å². The second kappa shape index (κ2) is 10.7. The second-order valence-corrected chi connectivity index (χ2v) is 11.5. The largest absolute Gasteiger partial charge is 0.459 e. The number of carbonyl (C=O) groups is 2. The van der Waals surface area contributed by atoms with Crippen LogP contribution in [0.4, 0.5) is 0 Å². The maximum Gasteiger partial charge on any atom is 0.329 e. The van der Waals surface area contributed by atoms with E-state index in [-0.39, 0.29) is 23.5 Å². The van der Waals surface area contributed by atoms with E-state index in [2.05, 4.69) is 0 Å². The second-order valence-electron chi connectivity index (χ2n) is 9.40. The van der Waals surface area contributed by atoms with E-state index in [1.165, 1.54) is 26.2 Å². The van der Waals surface area contributed by atoms with Gasteiger partial charge >= 0.3 is 5.97 Å². The molecule has 2 aliphatic rings. The lowest BCUT2D eigenvalue weighted by Gasteiger charge is -2.32. The Morgan fingerprint density at radius 2 is 1.80 bits per heavy atom. The van der Waals surface area contributed by atoms with Gasteiger partial charge in [0.05, 0.1) is 4.90 Å². The van der Waals surface area contributed by atoms with Crippen molar-refractivity contribution in [1.29, 1.82) is 0 Å². The number of amides is 1. The molecule has 7 nitrogen and oxygen atoms in total. The Kier molecular flexibility index (Phi) is 7.72. The van der Waals surface area contributed by atoms with Gasteiger partial charge in [-0.25, -0.2) is 17.5 Å². The highest BCUT2D eigenvalue weighted by molar-refractivity contribution is 7.89. The number of rotatable bonds is 7. The van der Waals surface area contributed by atoms with E-state index in [1.54, 1.807) is 29.2 Å². The number of esters is 1. The van der Waals surface area contributed by atoms with Crippen molar-refractivity contribution in [1.82, 2.24) is 9.21 Å². The first-order chi connectivity index (χ1) is 16.8. The molecule has 1 heterocycles. The summed E-state index contributed by atoms with van der Waals surface area (Å²) < 4.78 is 31.6. The fraction of sp³-hybridized carbons (Fsp3) is 0.407. The predicted octanol–water partition coefficient (Wildman–Crippen LogP) is 3.85. The predicted molar refractivity (Wildman–Crippen MR) is 134 cm³/mol. The molecule has 2 aromatic carbocycles. The van der Waals surface area contributed by atoms with Gasteiger partial charge in [0.1, 0.15) is 12.6 Å². The van der Waals surface area contributed by atoms with Crippen LogP contribution < -0.4 is 0 Å². The lowest BCUT2D eigenvalue weighted by atomic mass is 9.85. The first-order valence-corrected chi connectivity index (χ1v) is 13.4. The molecule has 1 aliphatic carbocycles. The zero-order chi connectivity index (χ0) is 25.0. The maximum atomic E-state index is 13.2. The van der Waals surface area contributed by atoms with Crippen molar-refractivity contribution >= 4 is 28.0 Å². The fourth-order valence-corrected chi connectivity index (χ4v) is 6.03. The van der Waals surface area contributed by atoms with Crippen molar-refractivity contribution in [2.75, 3.05) is 14.1 Å². The van der Waals surface area contributed by atoms with Crippen molar-refractivity contribution in [3.8, 4) is 0 Å². The Morgan fingerprint density at radius 3 is 2.54 bits per heavy atom. The van der Waals surface area contributed by atoms with Crippen LogP contribution >= 0.6 is 0 Å². The summed E-state index contributed by atoms with van der Waals surface area (Å²) in [7, 11) is -0.642. The topological polar surface area (TPSA) is 84.0 Å². The summed E-state index contributed by atoms with van der Waals surface area (Å²) in [5.74, 6) is -0.324. The van der Waals surface area contributed by atoms with Crippen LogP contribution in [0.25, 0.3) is 6.08 Å². The summed E-state index contributed by atoms with van der Waals surface area (Å²) in [6, 6.07) is 15.4. The average Bonchev–Trinajstić information content (AvgIpc) is 3.26. The molecule has 0 spiro atoms. The third-order valence-electron chi connectivity index (χ3n) is 6.89. The van der Waals surface area contributed by atoms with Gasteiger partial charge in [-0.15, -0.1) is 0 Å². The summed E-state index contributed by atoms with van der Waals surface area (Å²) in [6.45, 7) is -0.0522. The van der Waals surface area contributed by atoms with E-state index in [1.807, 2.05) is 30.3 Å². The number of likely N-dealkylation sites (tertiary alicyclic amines) is 1. The first-order valence-electron chi connectivity index (χ1n) is 12.0. The minimum Gasteiger partial charge on any atom is -0.459 e. The quantitative estimate of drug-likeness (QED) is 0.429. The molecular weight excluding hydrogens is 464 g/mol. The molecule has 3 atom stereocenters.